The molecule has 0 spiro atoms. The summed E-state index contributed by atoms with van der Waals surface area (Å²) < 4.78 is 30.2. The molecule has 1 saturated heterocycles. The molecule has 2 aromatic heterocycles. The molecular formula is C25H28F2N4O3. The Kier molecular flexibility index (Phi) is 6.05. The number of fused-ring (bicyclic) bond motifs is 1. The summed E-state index contributed by atoms with van der Waals surface area (Å²) in [5.41, 5.74) is 2.21. The number of nitrogens with zero attached hydrogens (tertiary/aromatic N) is 3. The highest BCUT2D eigenvalue weighted by atomic mass is 19.3. The highest BCUT2D eigenvalue weighted by molar-refractivity contribution is 5.94. The highest BCUT2D eigenvalue weighted by Gasteiger charge is 2.47. The van der Waals surface area contributed by atoms with Crippen LogP contribution >= 0.6 is 0 Å². The van der Waals surface area contributed by atoms with Crippen LogP contribution in [0.25, 0.3) is 5.65 Å². The van der Waals surface area contributed by atoms with Crippen LogP contribution in [-0.2, 0) is 0 Å². The predicted octanol–water partition coefficient (Wildman–Crippen LogP) is 4.60. The summed E-state index contributed by atoms with van der Waals surface area (Å²) in [6.07, 6.45) is 1.69. The largest absolute Gasteiger partial charge is 0.478 e. The Hall–Kier alpha value is -3.49. The van der Waals surface area contributed by atoms with Crippen molar-refractivity contribution < 1.29 is 18.7 Å². The van der Waals surface area contributed by atoms with E-state index in [0.717, 1.165) is 5.56 Å². The molecule has 1 aliphatic rings. The number of alkyl halides is 2. The van der Waals surface area contributed by atoms with E-state index in [1.807, 2.05) is 19.9 Å². The van der Waals surface area contributed by atoms with Crippen LogP contribution in [-0.4, -0.2) is 39.5 Å². The van der Waals surface area contributed by atoms with E-state index in [2.05, 4.69) is 5.32 Å². The van der Waals surface area contributed by atoms with Gasteiger partial charge in [-0.1, -0.05) is 26.0 Å². The van der Waals surface area contributed by atoms with Crippen molar-refractivity contribution in [1.29, 1.82) is 0 Å². The fourth-order valence-corrected chi connectivity index (χ4v) is 4.60. The van der Waals surface area contributed by atoms with E-state index < -0.39 is 23.7 Å². The van der Waals surface area contributed by atoms with Crippen LogP contribution in [0.3, 0.4) is 0 Å². The zero-order valence-electron chi connectivity index (χ0n) is 19.5. The average molecular weight is 471 g/mol. The van der Waals surface area contributed by atoms with Crippen LogP contribution in [0.1, 0.15) is 48.3 Å². The van der Waals surface area contributed by atoms with Crippen LogP contribution in [0.4, 0.5) is 20.3 Å². The Balaban J connectivity index is 1.77. The van der Waals surface area contributed by atoms with Gasteiger partial charge in [0.05, 0.1) is 11.6 Å². The van der Waals surface area contributed by atoms with Crippen molar-refractivity contribution >= 4 is 23.1 Å². The number of aryl methyl sites for hydroxylation is 1. The van der Waals surface area contributed by atoms with Crippen molar-refractivity contribution in [3.63, 3.8) is 0 Å². The molecule has 1 aliphatic heterocycles. The van der Waals surface area contributed by atoms with Crippen molar-refractivity contribution in [2.75, 3.05) is 23.3 Å². The number of carbonyl (C=O) groups is 1. The summed E-state index contributed by atoms with van der Waals surface area (Å²) in [6, 6.07) is 9.48. The molecule has 34 heavy (non-hydrogen) atoms. The molecular weight excluding hydrogens is 442 g/mol. The Morgan fingerprint density at radius 3 is 2.50 bits per heavy atom. The summed E-state index contributed by atoms with van der Waals surface area (Å²) >= 11 is 0. The third kappa shape index (κ3) is 4.22. The summed E-state index contributed by atoms with van der Waals surface area (Å²) in [4.78, 5) is 31.1. The number of hydrogen-bond donors (Lipinski definition) is 2. The number of rotatable bonds is 5. The third-order valence-corrected chi connectivity index (χ3v) is 6.54. The van der Waals surface area contributed by atoms with Gasteiger partial charge in [-0.05, 0) is 37.6 Å². The molecule has 0 amide bonds. The average Bonchev–Trinajstić information content (AvgIpc) is 2.77. The van der Waals surface area contributed by atoms with Gasteiger partial charge < -0.3 is 15.3 Å². The van der Waals surface area contributed by atoms with Crippen LogP contribution < -0.4 is 15.8 Å². The first kappa shape index (κ1) is 23.7. The number of halogens is 2. The fourth-order valence-electron chi connectivity index (χ4n) is 4.60. The molecule has 1 fully saturated rings. The van der Waals surface area contributed by atoms with Gasteiger partial charge in [0.25, 0.3) is 11.5 Å². The third-order valence-electron chi connectivity index (χ3n) is 6.54. The second-order valence-corrected chi connectivity index (χ2v) is 9.22. The number of aromatic carboxylic acids is 1. The Morgan fingerprint density at radius 2 is 1.85 bits per heavy atom. The molecule has 3 atom stereocenters. The van der Waals surface area contributed by atoms with Crippen molar-refractivity contribution in [1.82, 2.24) is 9.38 Å². The molecule has 3 heterocycles. The number of aromatic nitrogens is 2. The van der Waals surface area contributed by atoms with Gasteiger partial charge in [0.15, 0.2) is 0 Å². The zero-order valence-corrected chi connectivity index (χ0v) is 19.5. The SMILES string of the molecule is Cc1cc(C(C)Nc2ccccc2C(=O)O)c2nc(N3C[C@@H](C)C(F)(F)[C@@H](C)C3)cc(=O)n2c1. The van der Waals surface area contributed by atoms with E-state index in [9.17, 15) is 23.5 Å². The summed E-state index contributed by atoms with van der Waals surface area (Å²) in [6.45, 7) is 6.94. The quantitative estimate of drug-likeness (QED) is 0.567. The van der Waals surface area contributed by atoms with Crippen LogP contribution in [0.5, 0.6) is 0 Å². The van der Waals surface area contributed by atoms with E-state index in [4.69, 9.17) is 4.98 Å². The lowest BCUT2D eigenvalue weighted by atomic mass is 9.87. The normalized spacial score (nSPS) is 20.8. The van der Waals surface area contributed by atoms with E-state index in [1.165, 1.54) is 30.4 Å². The number of pyridine rings is 1. The minimum absolute atomic E-state index is 0.0982. The number of para-hydroxylation sites is 1. The van der Waals surface area contributed by atoms with Gasteiger partial charge in [-0.15, -0.1) is 0 Å². The fraction of sp³-hybridized carbons (Fsp3) is 0.400. The van der Waals surface area contributed by atoms with E-state index >= 15 is 0 Å². The number of carboxylic acids is 1. The number of anilines is 2. The first-order chi connectivity index (χ1) is 16.0. The van der Waals surface area contributed by atoms with Crippen LogP contribution in [0, 0.1) is 18.8 Å². The molecule has 7 nitrogen and oxygen atoms in total. The second kappa shape index (κ2) is 8.70. The lowest BCUT2D eigenvalue weighted by Gasteiger charge is -2.41. The maximum Gasteiger partial charge on any atom is 0.337 e. The zero-order chi connectivity index (χ0) is 24.8. The molecule has 9 heteroatoms. The van der Waals surface area contributed by atoms with Crippen LogP contribution in [0.15, 0.2) is 47.4 Å². The van der Waals surface area contributed by atoms with Gasteiger partial charge in [0.2, 0.25) is 0 Å². The molecule has 1 aromatic carbocycles. The molecule has 2 N–H and O–H groups in total. The summed E-state index contributed by atoms with van der Waals surface area (Å²) in [7, 11) is 0. The molecule has 0 saturated carbocycles. The number of carboxylic acid groups (broad SMARTS) is 1. The van der Waals surface area contributed by atoms with E-state index in [0.29, 0.717) is 22.7 Å². The van der Waals surface area contributed by atoms with Gasteiger partial charge in [-0.3, -0.25) is 9.20 Å². The first-order valence-electron chi connectivity index (χ1n) is 11.2. The molecule has 4 rings (SSSR count). The minimum atomic E-state index is -2.78. The van der Waals surface area contributed by atoms with Gasteiger partial charge >= 0.3 is 5.97 Å². The summed E-state index contributed by atoms with van der Waals surface area (Å²) in [5, 5.41) is 12.7. The van der Waals surface area contributed by atoms with Crippen molar-refractivity contribution in [2.24, 2.45) is 11.8 Å². The Bertz CT molecular complexity index is 1290. The maximum atomic E-state index is 14.4. The van der Waals surface area contributed by atoms with Gasteiger partial charge in [0, 0.05) is 48.4 Å². The number of benzene rings is 1. The lowest BCUT2D eigenvalue weighted by Crippen LogP contribution is -2.52. The summed E-state index contributed by atoms with van der Waals surface area (Å²) in [5.74, 6) is -5.21. The van der Waals surface area contributed by atoms with Crippen LogP contribution in [0.2, 0.25) is 0 Å². The minimum Gasteiger partial charge on any atom is -0.478 e. The number of piperidine rings is 1. The van der Waals surface area contributed by atoms with E-state index in [1.54, 1.807) is 29.3 Å². The smallest absolute Gasteiger partial charge is 0.337 e. The van der Waals surface area contributed by atoms with Gasteiger partial charge in [-0.25, -0.2) is 18.6 Å². The standard InChI is InChI=1S/C25H28F2N4O3/c1-14-9-19(17(4)28-20-8-6-5-7-18(20)24(33)34)23-29-21(10-22(32)31(23)11-14)30-12-15(2)25(26,27)16(3)13-30/h5-11,15-17,28H,12-13H2,1-4H3,(H,33,34)/t15-,16+,17?. The first-order valence-corrected chi connectivity index (χ1v) is 11.2. The predicted molar refractivity (Wildman–Crippen MR) is 127 cm³/mol. The highest BCUT2D eigenvalue weighted by Crippen LogP contribution is 2.38. The Labute approximate surface area is 196 Å². The molecule has 1 unspecified atom stereocenters. The Morgan fingerprint density at radius 1 is 1.21 bits per heavy atom. The van der Waals surface area contributed by atoms with Crippen molar-refractivity contribution in [3.05, 3.63) is 69.6 Å². The molecule has 180 valence electrons. The monoisotopic (exact) mass is 470 g/mol. The van der Waals surface area contributed by atoms with Crippen molar-refractivity contribution in [2.45, 2.75) is 39.7 Å². The lowest BCUT2D eigenvalue weighted by molar-refractivity contribution is -0.105. The second-order valence-electron chi connectivity index (χ2n) is 9.22. The van der Waals surface area contributed by atoms with E-state index in [-0.39, 0.29) is 30.3 Å². The van der Waals surface area contributed by atoms with Gasteiger partial charge in [-0.2, -0.15) is 0 Å². The molecule has 0 bridgehead atoms. The molecule has 0 aliphatic carbocycles. The van der Waals surface area contributed by atoms with Gasteiger partial charge in [0.1, 0.15) is 11.5 Å². The number of hydrogen-bond acceptors (Lipinski definition) is 5. The maximum absolute atomic E-state index is 14.4. The van der Waals surface area contributed by atoms with Crippen molar-refractivity contribution in [3.8, 4) is 0 Å². The molecule has 3 aromatic rings. The molecule has 0 radical (unpaired) electrons. The topological polar surface area (TPSA) is 86.9 Å². The number of nitrogens with one attached hydrogen (secondary N) is 1.